The molecule has 2 fully saturated rings. The van der Waals surface area contributed by atoms with Crippen molar-refractivity contribution in [2.75, 3.05) is 18.8 Å². The molecule has 5 heteroatoms. The Kier molecular flexibility index (Phi) is 2.36. The summed E-state index contributed by atoms with van der Waals surface area (Å²) in [5.41, 5.74) is 6.77. The van der Waals surface area contributed by atoms with E-state index in [2.05, 4.69) is 14.5 Å². The lowest BCUT2D eigenvalue weighted by atomic mass is 10.0. The number of likely N-dealkylation sites (tertiary alicyclic amines) is 1. The standard InChI is InChI=1S/C10H16N4S/c11-10-9(12-13-15-10)6-14-4-7-2-1-3-8(7)5-14/h7-8H,1-6,11H2. The van der Waals surface area contributed by atoms with Gasteiger partial charge in [-0.1, -0.05) is 10.9 Å². The van der Waals surface area contributed by atoms with Gasteiger partial charge in [-0.05, 0) is 24.7 Å². The zero-order chi connectivity index (χ0) is 10.3. The molecule has 0 bridgehead atoms. The van der Waals surface area contributed by atoms with Crippen molar-refractivity contribution in [2.24, 2.45) is 11.8 Å². The van der Waals surface area contributed by atoms with Gasteiger partial charge in [-0.25, -0.2) is 0 Å². The molecular formula is C10H16N4S. The summed E-state index contributed by atoms with van der Waals surface area (Å²) >= 11 is 1.30. The predicted molar refractivity (Wildman–Crippen MR) is 60.4 cm³/mol. The van der Waals surface area contributed by atoms with Crippen LogP contribution in [0.15, 0.2) is 0 Å². The Labute approximate surface area is 93.6 Å². The van der Waals surface area contributed by atoms with Gasteiger partial charge in [0.1, 0.15) is 10.7 Å². The molecule has 2 atom stereocenters. The maximum Gasteiger partial charge on any atom is 0.132 e. The summed E-state index contributed by atoms with van der Waals surface area (Å²) in [5.74, 6) is 1.88. The van der Waals surface area contributed by atoms with E-state index in [-0.39, 0.29) is 0 Å². The number of fused-ring (bicyclic) bond motifs is 1. The Hall–Kier alpha value is -0.680. The van der Waals surface area contributed by atoms with Crippen molar-refractivity contribution in [1.29, 1.82) is 0 Å². The van der Waals surface area contributed by atoms with Gasteiger partial charge in [-0.2, -0.15) is 0 Å². The smallest absolute Gasteiger partial charge is 0.132 e. The minimum absolute atomic E-state index is 0.784. The molecule has 2 N–H and O–H groups in total. The average molecular weight is 224 g/mol. The van der Waals surface area contributed by atoms with Crippen LogP contribution in [0.3, 0.4) is 0 Å². The molecular weight excluding hydrogens is 208 g/mol. The quantitative estimate of drug-likeness (QED) is 0.824. The molecule has 1 aliphatic carbocycles. The van der Waals surface area contributed by atoms with Gasteiger partial charge in [0.2, 0.25) is 0 Å². The molecule has 15 heavy (non-hydrogen) atoms. The number of anilines is 1. The van der Waals surface area contributed by atoms with Crippen LogP contribution in [0.4, 0.5) is 5.00 Å². The van der Waals surface area contributed by atoms with Crippen molar-refractivity contribution in [3.63, 3.8) is 0 Å². The highest BCUT2D eigenvalue weighted by molar-refractivity contribution is 7.09. The van der Waals surface area contributed by atoms with Crippen LogP contribution in [0, 0.1) is 11.8 Å². The van der Waals surface area contributed by atoms with E-state index in [1.54, 1.807) is 0 Å². The van der Waals surface area contributed by atoms with E-state index in [4.69, 9.17) is 5.73 Å². The van der Waals surface area contributed by atoms with E-state index in [1.165, 1.54) is 43.9 Å². The molecule has 2 aliphatic rings. The van der Waals surface area contributed by atoms with Crippen molar-refractivity contribution >= 4 is 16.5 Å². The zero-order valence-electron chi connectivity index (χ0n) is 8.72. The highest BCUT2D eigenvalue weighted by atomic mass is 32.1. The average Bonchev–Trinajstić information content (AvgIpc) is 2.83. The van der Waals surface area contributed by atoms with Crippen LogP contribution in [0.5, 0.6) is 0 Å². The number of hydrogen-bond donors (Lipinski definition) is 1. The Morgan fingerprint density at radius 2 is 2.07 bits per heavy atom. The highest BCUT2D eigenvalue weighted by Crippen LogP contribution is 2.38. The second kappa shape index (κ2) is 3.72. The fraction of sp³-hybridized carbons (Fsp3) is 0.800. The lowest BCUT2D eigenvalue weighted by Gasteiger charge is -2.14. The van der Waals surface area contributed by atoms with Gasteiger partial charge in [-0.3, -0.25) is 4.90 Å². The number of aromatic nitrogens is 2. The largest absolute Gasteiger partial charge is 0.388 e. The molecule has 0 radical (unpaired) electrons. The van der Waals surface area contributed by atoms with Crippen molar-refractivity contribution in [2.45, 2.75) is 25.8 Å². The van der Waals surface area contributed by atoms with E-state index in [0.717, 1.165) is 29.1 Å². The fourth-order valence-corrected chi connectivity index (χ4v) is 3.44. The van der Waals surface area contributed by atoms with Gasteiger partial charge in [0, 0.05) is 31.2 Å². The Bertz CT molecular complexity index is 339. The van der Waals surface area contributed by atoms with Crippen LogP contribution in [0.1, 0.15) is 25.0 Å². The third-order valence-corrected chi connectivity index (χ3v) is 4.36. The zero-order valence-corrected chi connectivity index (χ0v) is 9.54. The van der Waals surface area contributed by atoms with Gasteiger partial charge in [-0.15, -0.1) is 5.10 Å². The van der Waals surface area contributed by atoms with Gasteiger partial charge in [0.15, 0.2) is 0 Å². The van der Waals surface area contributed by atoms with Gasteiger partial charge < -0.3 is 5.73 Å². The van der Waals surface area contributed by atoms with Crippen molar-refractivity contribution in [3.8, 4) is 0 Å². The van der Waals surface area contributed by atoms with E-state index < -0.39 is 0 Å². The summed E-state index contributed by atoms with van der Waals surface area (Å²) < 4.78 is 3.88. The summed E-state index contributed by atoms with van der Waals surface area (Å²) in [7, 11) is 0. The van der Waals surface area contributed by atoms with Gasteiger partial charge in [0.25, 0.3) is 0 Å². The number of rotatable bonds is 2. The summed E-state index contributed by atoms with van der Waals surface area (Å²) in [6, 6.07) is 0. The summed E-state index contributed by atoms with van der Waals surface area (Å²) in [4.78, 5) is 2.49. The van der Waals surface area contributed by atoms with Crippen molar-refractivity contribution in [3.05, 3.63) is 5.69 Å². The first-order valence-corrected chi connectivity index (χ1v) is 6.39. The number of nitrogen functional groups attached to an aromatic ring is 1. The van der Waals surface area contributed by atoms with Crippen molar-refractivity contribution < 1.29 is 0 Å². The lowest BCUT2D eigenvalue weighted by molar-refractivity contribution is 0.300. The maximum atomic E-state index is 5.80. The fourth-order valence-electron chi connectivity index (χ4n) is 3.00. The van der Waals surface area contributed by atoms with Crippen LogP contribution < -0.4 is 5.73 Å². The lowest BCUT2D eigenvalue weighted by Crippen LogP contribution is -2.21. The van der Waals surface area contributed by atoms with E-state index >= 15 is 0 Å². The van der Waals surface area contributed by atoms with Crippen LogP contribution in [0.2, 0.25) is 0 Å². The molecule has 1 aromatic rings. The van der Waals surface area contributed by atoms with E-state index in [1.807, 2.05) is 0 Å². The Morgan fingerprint density at radius 3 is 2.67 bits per heavy atom. The number of nitrogens with zero attached hydrogens (tertiary/aromatic N) is 3. The molecule has 2 unspecified atom stereocenters. The van der Waals surface area contributed by atoms with Gasteiger partial charge >= 0.3 is 0 Å². The first kappa shape index (κ1) is 9.54. The van der Waals surface area contributed by atoms with Crippen LogP contribution in [-0.2, 0) is 6.54 Å². The normalized spacial score (nSPS) is 30.9. The predicted octanol–water partition coefficient (Wildman–Crippen LogP) is 1.35. The summed E-state index contributed by atoms with van der Waals surface area (Å²) in [6.07, 6.45) is 4.28. The Morgan fingerprint density at radius 1 is 1.33 bits per heavy atom. The van der Waals surface area contributed by atoms with Crippen molar-refractivity contribution in [1.82, 2.24) is 14.5 Å². The molecule has 1 saturated heterocycles. The minimum Gasteiger partial charge on any atom is -0.388 e. The first-order valence-electron chi connectivity index (χ1n) is 5.62. The third-order valence-electron chi connectivity index (χ3n) is 3.76. The molecule has 1 saturated carbocycles. The van der Waals surface area contributed by atoms with E-state index in [9.17, 15) is 0 Å². The summed E-state index contributed by atoms with van der Waals surface area (Å²) in [6.45, 7) is 3.37. The molecule has 0 spiro atoms. The molecule has 3 rings (SSSR count). The molecule has 82 valence electrons. The van der Waals surface area contributed by atoms with Gasteiger partial charge in [0.05, 0.1) is 0 Å². The monoisotopic (exact) mass is 224 g/mol. The van der Waals surface area contributed by atoms with Crippen LogP contribution in [-0.4, -0.2) is 27.6 Å². The molecule has 1 aromatic heterocycles. The molecule has 1 aliphatic heterocycles. The summed E-state index contributed by atoms with van der Waals surface area (Å²) in [5, 5.41) is 4.86. The minimum atomic E-state index is 0.784. The molecule has 0 aromatic carbocycles. The Balaban J connectivity index is 1.64. The number of hydrogen-bond acceptors (Lipinski definition) is 5. The number of nitrogens with two attached hydrogens (primary N) is 1. The second-order valence-corrected chi connectivity index (χ2v) is 5.51. The molecule has 0 amide bonds. The third kappa shape index (κ3) is 1.74. The SMILES string of the molecule is Nc1snnc1CN1CC2CCCC2C1. The molecule has 4 nitrogen and oxygen atoms in total. The van der Waals surface area contributed by atoms with E-state index in [0.29, 0.717) is 0 Å². The van der Waals surface area contributed by atoms with Crippen LogP contribution >= 0.6 is 11.5 Å². The van der Waals surface area contributed by atoms with Crippen LogP contribution in [0.25, 0.3) is 0 Å². The highest BCUT2D eigenvalue weighted by Gasteiger charge is 2.36. The second-order valence-electron chi connectivity index (χ2n) is 4.73. The topological polar surface area (TPSA) is 55.0 Å². The molecule has 2 heterocycles. The first-order chi connectivity index (χ1) is 7.33. The maximum absolute atomic E-state index is 5.80.